The van der Waals surface area contributed by atoms with Crippen molar-refractivity contribution in [1.82, 2.24) is 15.5 Å². The number of amides is 4. The molecular formula is C15H18N4O4. The molecule has 4 amide bonds. The number of nitrogens with zero attached hydrogens (tertiary/aromatic N) is 1. The third kappa shape index (κ3) is 2.55. The average molecular weight is 318 g/mol. The number of carbonyl (C=O) groups excluding carboxylic acids is 4. The zero-order chi connectivity index (χ0) is 16.6. The first-order valence-corrected chi connectivity index (χ1v) is 7.63. The quantitative estimate of drug-likeness (QED) is 0.553. The van der Waals surface area contributed by atoms with Crippen molar-refractivity contribution < 1.29 is 19.2 Å². The van der Waals surface area contributed by atoms with Crippen LogP contribution in [-0.4, -0.2) is 47.7 Å². The number of imide groups is 2. The molecule has 0 bridgehead atoms. The fraction of sp³-hybridized carbons (Fsp3) is 0.467. The van der Waals surface area contributed by atoms with Crippen LogP contribution >= 0.6 is 0 Å². The van der Waals surface area contributed by atoms with Crippen LogP contribution in [0.2, 0.25) is 0 Å². The lowest BCUT2D eigenvalue weighted by atomic mass is 9.96. The van der Waals surface area contributed by atoms with E-state index in [1.165, 1.54) is 0 Å². The van der Waals surface area contributed by atoms with E-state index >= 15 is 0 Å². The van der Waals surface area contributed by atoms with Gasteiger partial charge in [0.15, 0.2) is 0 Å². The van der Waals surface area contributed by atoms with Crippen LogP contribution in [0.1, 0.15) is 25.7 Å². The molecule has 0 aromatic heterocycles. The second kappa shape index (κ2) is 5.96. The highest BCUT2D eigenvalue weighted by Crippen LogP contribution is 2.34. The van der Waals surface area contributed by atoms with Crippen molar-refractivity contribution in [1.29, 1.82) is 0 Å². The zero-order valence-electron chi connectivity index (χ0n) is 12.6. The van der Waals surface area contributed by atoms with Gasteiger partial charge in [-0.1, -0.05) is 6.08 Å². The number of nitrogens with one attached hydrogen (secondary N) is 2. The lowest BCUT2D eigenvalue weighted by molar-refractivity contribution is -0.150. The van der Waals surface area contributed by atoms with Crippen molar-refractivity contribution >= 4 is 23.6 Å². The van der Waals surface area contributed by atoms with Gasteiger partial charge in [0.05, 0.1) is 5.57 Å². The van der Waals surface area contributed by atoms with Crippen LogP contribution in [-0.2, 0) is 19.2 Å². The Hall–Kier alpha value is -2.48. The van der Waals surface area contributed by atoms with Crippen molar-refractivity contribution in [2.45, 2.75) is 31.7 Å². The van der Waals surface area contributed by atoms with Gasteiger partial charge in [0.25, 0.3) is 11.8 Å². The fourth-order valence-electron chi connectivity index (χ4n) is 3.15. The van der Waals surface area contributed by atoms with Gasteiger partial charge in [-0.15, -0.1) is 0 Å². The minimum atomic E-state index is -0.922. The molecule has 0 aromatic rings. The second-order valence-electron chi connectivity index (χ2n) is 5.67. The molecule has 1 atom stereocenters. The minimum Gasteiger partial charge on any atom is -0.383 e. The summed E-state index contributed by atoms with van der Waals surface area (Å²) in [6.07, 6.45) is 3.27. The van der Waals surface area contributed by atoms with Gasteiger partial charge >= 0.3 is 0 Å². The normalized spacial score (nSPS) is 24.7. The van der Waals surface area contributed by atoms with Crippen molar-refractivity contribution in [2.24, 2.45) is 5.73 Å². The molecule has 1 aliphatic carbocycles. The summed E-state index contributed by atoms with van der Waals surface area (Å²) in [7, 11) is 0. The molecule has 4 N–H and O–H groups in total. The van der Waals surface area contributed by atoms with Crippen LogP contribution in [0.3, 0.4) is 0 Å². The van der Waals surface area contributed by atoms with Crippen LogP contribution in [0.4, 0.5) is 0 Å². The van der Waals surface area contributed by atoms with Gasteiger partial charge in [-0.3, -0.25) is 29.4 Å². The second-order valence-corrected chi connectivity index (χ2v) is 5.67. The molecule has 3 aliphatic rings. The maximum absolute atomic E-state index is 12.7. The number of allylic oxidation sites excluding steroid dienone is 1. The van der Waals surface area contributed by atoms with Crippen LogP contribution in [0.15, 0.2) is 22.9 Å². The van der Waals surface area contributed by atoms with Gasteiger partial charge in [0.2, 0.25) is 11.8 Å². The Kier molecular flexibility index (Phi) is 3.99. The predicted octanol–water partition coefficient (Wildman–Crippen LogP) is -1.32. The molecule has 23 heavy (non-hydrogen) atoms. The van der Waals surface area contributed by atoms with E-state index in [0.29, 0.717) is 42.8 Å². The monoisotopic (exact) mass is 318 g/mol. The molecule has 2 aliphatic heterocycles. The Bertz CT molecular complexity index is 664. The molecule has 0 spiro atoms. The van der Waals surface area contributed by atoms with E-state index in [4.69, 9.17) is 5.73 Å². The first-order valence-electron chi connectivity index (χ1n) is 7.63. The SMILES string of the molecule is NCCNC1=CCCC2=C1C(=O)N(C1CCC(=O)NC1=O)C2=O. The molecule has 0 saturated carbocycles. The van der Waals surface area contributed by atoms with E-state index in [0.717, 1.165) is 4.90 Å². The third-order valence-corrected chi connectivity index (χ3v) is 4.21. The van der Waals surface area contributed by atoms with Gasteiger partial charge in [-0.25, -0.2) is 0 Å². The summed E-state index contributed by atoms with van der Waals surface area (Å²) in [6.45, 7) is 0.890. The smallest absolute Gasteiger partial charge is 0.264 e. The largest absolute Gasteiger partial charge is 0.383 e. The maximum Gasteiger partial charge on any atom is 0.264 e. The summed E-state index contributed by atoms with van der Waals surface area (Å²) < 4.78 is 0. The summed E-state index contributed by atoms with van der Waals surface area (Å²) in [6, 6.07) is -0.922. The highest BCUT2D eigenvalue weighted by Gasteiger charge is 2.47. The molecule has 122 valence electrons. The van der Waals surface area contributed by atoms with Crippen molar-refractivity contribution in [3.05, 3.63) is 22.9 Å². The van der Waals surface area contributed by atoms with Crippen LogP contribution < -0.4 is 16.4 Å². The zero-order valence-corrected chi connectivity index (χ0v) is 12.6. The first-order chi connectivity index (χ1) is 11.0. The highest BCUT2D eigenvalue weighted by molar-refractivity contribution is 6.23. The number of carbonyl (C=O) groups is 4. The summed E-state index contributed by atoms with van der Waals surface area (Å²) in [4.78, 5) is 49.6. The van der Waals surface area contributed by atoms with E-state index < -0.39 is 23.8 Å². The molecular weight excluding hydrogens is 300 g/mol. The summed E-state index contributed by atoms with van der Waals surface area (Å²) in [5, 5.41) is 5.24. The fourth-order valence-corrected chi connectivity index (χ4v) is 3.15. The van der Waals surface area contributed by atoms with Gasteiger partial charge in [-0.05, 0) is 19.3 Å². The van der Waals surface area contributed by atoms with Gasteiger partial charge in [0.1, 0.15) is 6.04 Å². The number of nitrogens with two attached hydrogens (primary N) is 1. The Morgan fingerprint density at radius 3 is 2.70 bits per heavy atom. The Morgan fingerprint density at radius 1 is 1.22 bits per heavy atom. The molecule has 8 nitrogen and oxygen atoms in total. The Labute approximate surface area is 132 Å². The van der Waals surface area contributed by atoms with Crippen LogP contribution in [0, 0.1) is 0 Å². The summed E-state index contributed by atoms with van der Waals surface area (Å²) >= 11 is 0. The predicted molar refractivity (Wildman–Crippen MR) is 79.4 cm³/mol. The average Bonchev–Trinajstić information content (AvgIpc) is 2.78. The Balaban J connectivity index is 1.87. The van der Waals surface area contributed by atoms with Gasteiger partial charge < -0.3 is 11.1 Å². The molecule has 2 heterocycles. The van der Waals surface area contributed by atoms with Gasteiger partial charge in [-0.2, -0.15) is 0 Å². The summed E-state index contributed by atoms with van der Waals surface area (Å²) in [5.41, 5.74) is 6.83. The third-order valence-electron chi connectivity index (χ3n) is 4.21. The summed E-state index contributed by atoms with van der Waals surface area (Å²) in [5.74, 6) is -1.88. The van der Waals surface area contributed by atoms with Crippen LogP contribution in [0.5, 0.6) is 0 Å². The molecule has 1 unspecified atom stereocenters. The van der Waals surface area contributed by atoms with Crippen LogP contribution in [0.25, 0.3) is 0 Å². The molecule has 0 aromatic carbocycles. The topological polar surface area (TPSA) is 122 Å². The number of hydrogen-bond acceptors (Lipinski definition) is 6. The van der Waals surface area contributed by atoms with E-state index in [2.05, 4.69) is 10.6 Å². The van der Waals surface area contributed by atoms with E-state index in [9.17, 15) is 19.2 Å². The molecule has 0 radical (unpaired) electrons. The minimum absolute atomic E-state index is 0.117. The maximum atomic E-state index is 12.7. The number of piperidine rings is 1. The lowest BCUT2D eigenvalue weighted by Gasteiger charge is -2.28. The molecule has 3 rings (SSSR count). The highest BCUT2D eigenvalue weighted by atomic mass is 16.2. The van der Waals surface area contributed by atoms with Crippen molar-refractivity contribution in [2.75, 3.05) is 13.1 Å². The molecule has 1 fully saturated rings. The molecule has 8 heteroatoms. The first kappa shape index (κ1) is 15.4. The standard InChI is InChI=1S/C15H18N4O4/c16-6-7-17-9-3-1-2-8-12(9)15(23)19(14(8)22)10-4-5-11(20)18-13(10)21/h3,10,17H,1-2,4-7,16H2,(H,18,20,21). The lowest BCUT2D eigenvalue weighted by Crippen LogP contribution is -2.54. The van der Waals surface area contributed by atoms with Crippen molar-refractivity contribution in [3.63, 3.8) is 0 Å². The number of hydrogen-bond donors (Lipinski definition) is 3. The van der Waals surface area contributed by atoms with E-state index in [1.54, 1.807) is 0 Å². The number of rotatable bonds is 4. The van der Waals surface area contributed by atoms with E-state index in [-0.39, 0.29) is 18.7 Å². The molecule has 1 saturated heterocycles. The van der Waals surface area contributed by atoms with E-state index in [1.807, 2.05) is 6.08 Å². The van der Waals surface area contributed by atoms with Crippen molar-refractivity contribution in [3.8, 4) is 0 Å². The van der Waals surface area contributed by atoms with Gasteiger partial charge in [0, 0.05) is 30.8 Å². The Morgan fingerprint density at radius 2 is 2.00 bits per heavy atom.